The minimum Gasteiger partial charge on any atom is -0.619 e. The molecule has 2 heterocycles. The Morgan fingerprint density at radius 2 is 2.13 bits per heavy atom. The number of carbonyl (C=O) groups excluding carboxylic acids is 1. The molecule has 0 saturated carbocycles. The molecule has 1 amide bonds. The summed E-state index contributed by atoms with van der Waals surface area (Å²) >= 11 is 0. The van der Waals surface area contributed by atoms with Crippen LogP contribution in [0.5, 0.6) is 0 Å². The summed E-state index contributed by atoms with van der Waals surface area (Å²) in [6, 6.07) is 8.70. The van der Waals surface area contributed by atoms with Crippen LogP contribution in [0.1, 0.15) is 34.8 Å². The predicted octanol–water partition coefficient (Wildman–Crippen LogP) is 2.11. The van der Waals surface area contributed by atoms with Crippen molar-refractivity contribution in [2.45, 2.75) is 25.0 Å². The second-order valence-electron chi connectivity index (χ2n) is 5.51. The Bertz CT molecular complexity index is 684. The highest BCUT2D eigenvalue weighted by atomic mass is 19.1. The van der Waals surface area contributed by atoms with E-state index in [1.165, 1.54) is 30.6 Å². The van der Waals surface area contributed by atoms with Crippen molar-refractivity contribution in [3.8, 4) is 0 Å². The lowest BCUT2D eigenvalue weighted by Crippen LogP contribution is -2.37. The first-order valence-corrected chi connectivity index (χ1v) is 7.50. The van der Waals surface area contributed by atoms with E-state index < -0.39 is 0 Å². The van der Waals surface area contributed by atoms with Crippen LogP contribution in [0, 0.1) is 11.0 Å². The van der Waals surface area contributed by atoms with Crippen LogP contribution in [0.4, 0.5) is 4.39 Å². The first-order chi connectivity index (χ1) is 11.1. The van der Waals surface area contributed by atoms with Gasteiger partial charge in [0.2, 0.25) is 0 Å². The van der Waals surface area contributed by atoms with Crippen LogP contribution in [0.15, 0.2) is 48.8 Å². The molecule has 5 nitrogen and oxygen atoms in total. The van der Waals surface area contributed by atoms with Gasteiger partial charge in [0, 0.05) is 12.7 Å². The van der Waals surface area contributed by atoms with Gasteiger partial charge >= 0.3 is 0 Å². The van der Waals surface area contributed by atoms with Gasteiger partial charge in [-0.3, -0.25) is 4.79 Å². The maximum atomic E-state index is 13.1. The maximum absolute atomic E-state index is 13.1. The Balaban J connectivity index is 1.83. The van der Waals surface area contributed by atoms with E-state index >= 15 is 0 Å². The van der Waals surface area contributed by atoms with Gasteiger partial charge in [-0.15, -0.1) is 0 Å². The molecular weight excluding hydrogens is 299 g/mol. The normalized spacial score (nSPS) is 18.6. The molecule has 2 atom stereocenters. The number of rotatable bonds is 4. The molecule has 2 aromatic rings. The third kappa shape index (κ3) is 3.65. The van der Waals surface area contributed by atoms with Gasteiger partial charge in [0.05, 0.1) is 12.1 Å². The van der Waals surface area contributed by atoms with Crippen molar-refractivity contribution in [2.24, 2.45) is 0 Å². The largest absolute Gasteiger partial charge is 0.619 e. The topological polar surface area (TPSA) is 65.3 Å². The van der Waals surface area contributed by atoms with Crippen molar-refractivity contribution in [3.63, 3.8) is 0 Å². The summed E-state index contributed by atoms with van der Waals surface area (Å²) in [5, 5.41) is 14.2. The Labute approximate surface area is 133 Å². The van der Waals surface area contributed by atoms with Crippen molar-refractivity contribution >= 4 is 5.91 Å². The van der Waals surface area contributed by atoms with E-state index in [2.05, 4.69) is 5.32 Å². The fourth-order valence-electron chi connectivity index (χ4n) is 2.74. The molecule has 3 rings (SSSR count). The van der Waals surface area contributed by atoms with E-state index in [0.717, 1.165) is 18.4 Å². The highest BCUT2D eigenvalue weighted by Crippen LogP contribution is 2.27. The highest BCUT2D eigenvalue weighted by molar-refractivity contribution is 5.93. The van der Waals surface area contributed by atoms with E-state index in [-0.39, 0.29) is 29.4 Å². The molecule has 120 valence electrons. The summed E-state index contributed by atoms with van der Waals surface area (Å²) in [6.07, 6.45) is 4.11. The van der Waals surface area contributed by atoms with E-state index in [1.54, 1.807) is 18.2 Å². The third-order valence-corrected chi connectivity index (χ3v) is 3.89. The molecule has 1 aromatic carbocycles. The first kappa shape index (κ1) is 15.4. The van der Waals surface area contributed by atoms with Gasteiger partial charge in [-0.05, 0) is 36.6 Å². The summed E-state index contributed by atoms with van der Waals surface area (Å²) < 4.78 is 19.4. The molecule has 0 aliphatic carbocycles. The number of aromatic nitrogens is 1. The number of benzene rings is 1. The SMILES string of the molecule is O=C(N[C@H](c1ccc(F)cc1)[C@H]1CCCO1)c1ccc[n+]([O-])c1. The molecule has 0 bridgehead atoms. The summed E-state index contributed by atoms with van der Waals surface area (Å²) in [6.45, 7) is 0.643. The number of hydrogen-bond acceptors (Lipinski definition) is 3. The molecule has 23 heavy (non-hydrogen) atoms. The van der Waals surface area contributed by atoms with Crippen molar-refractivity contribution < 1.29 is 18.7 Å². The van der Waals surface area contributed by atoms with Gasteiger partial charge in [0.1, 0.15) is 11.4 Å². The molecular formula is C17H17FN2O3. The molecule has 1 fully saturated rings. The zero-order valence-corrected chi connectivity index (χ0v) is 12.4. The first-order valence-electron chi connectivity index (χ1n) is 7.50. The summed E-state index contributed by atoms with van der Waals surface area (Å²) in [5.41, 5.74) is 1.05. The van der Waals surface area contributed by atoms with E-state index in [9.17, 15) is 14.4 Å². The average molecular weight is 316 g/mol. The highest BCUT2D eigenvalue weighted by Gasteiger charge is 2.29. The number of hydrogen-bond donors (Lipinski definition) is 1. The molecule has 0 radical (unpaired) electrons. The standard InChI is InChI=1S/C17H17FN2O3/c18-14-7-5-12(6-8-14)16(15-4-2-10-23-15)19-17(21)13-3-1-9-20(22)11-13/h1,3,5-9,11,15-16H,2,4,10H2,(H,19,21)/t15-,16-/m1/s1. The van der Waals surface area contributed by atoms with Gasteiger partial charge in [-0.2, -0.15) is 4.73 Å². The second-order valence-corrected chi connectivity index (χ2v) is 5.51. The smallest absolute Gasteiger partial charge is 0.257 e. The number of nitrogens with one attached hydrogen (secondary N) is 1. The number of halogens is 1. The zero-order chi connectivity index (χ0) is 16.2. The predicted molar refractivity (Wildman–Crippen MR) is 81.0 cm³/mol. The van der Waals surface area contributed by atoms with Crippen LogP contribution in [0.25, 0.3) is 0 Å². The van der Waals surface area contributed by atoms with Crippen LogP contribution < -0.4 is 10.0 Å². The monoisotopic (exact) mass is 316 g/mol. The van der Waals surface area contributed by atoms with Crippen molar-refractivity contribution in [1.29, 1.82) is 0 Å². The molecule has 1 aliphatic heterocycles. The van der Waals surface area contributed by atoms with Crippen LogP contribution in [-0.4, -0.2) is 18.6 Å². The number of nitrogens with zero attached hydrogens (tertiary/aromatic N) is 1. The maximum Gasteiger partial charge on any atom is 0.257 e. The quantitative estimate of drug-likeness (QED) is 0.694. The fraction of sp³-hybridized carbons (Fsp3) is 0.294. The molecule has 1 N–H and O–H groups in total. The van der Waals surface area contributed by atoms with Crippen molar-refractivity contribution in [3.05, 3.63) is 70.9 Å². The van der Waals surface area contributed by atoms with Crippen LogP contribution >= 0.6 is 0 Å². The fourth-order valence-corrected chi connectivity index (χ4v) is 2.74. The number of pyridine rings is 1. The van der Waals surface area contributed by atoms with Gasteiger partial charge in [-0.1, -0.05) is 12.1 Å². The lowest BCUT2D eigenvalue weighted by Gasteiger charge is -2.24. The number of ether oxygens (including phenoxy) is 1. The number of carbonyl (C=O) groups is 1. The Morgan fingerprint density at radius 1 is 1.35 bits per heavy atom. The molecule has 1 saturated heterocycles. The van der Waals surface area contributed by atoms with Gasteiger partial charge < -0.3 is 15.3 Å². The van der Waals surface area contributed by atoms with Crippen LogP contribution in [-0.2, 0) is 4.74 Å². The Hall–Kier alpha value is -2.47. The van der Waals surface area contributed by atoms with Crippen molar-refractivity contribution in [2.75, 3.05) is 6.61 Å². The van der Waals surface area contributed by atoms with Crippen LogP contribution in [0.2, 0.25) is 0 Å². The van der Waals surface area contributed by atoms with E-state index in [1.807, 2.05) is 0 Å². The lowest BCUT2D eigenvalue weighted by atomic mass is 9.99. The third-order valence-electron chi connectivity index (χ3n) is 3.89. The lowest BCUT2D eigenvalue weighted by molar-refractivity contribution is -0.605. The summed E-state index contributed by atoms with van der Waals surface area (Å²) in [5.74, 6) is -0.693. The minimum absolute atomic E-state index is 0.160. The van der Waals surface area contributed by atoms with Gasteiger partial charge in [-0.25, -0.2) is 4.39 Å². The molecule has 0 spiro atoms. The summed E-state index contributed by atoms with van der Waals surface area (Å²) in [4.78, 5) is 12.4. The van der Waals surface area contributed by atoms with E-state index in [0.29, 0.717) is 11.3 Å². The Morgan fingerprint density at radius 3 is 2.78 bits per heavy atom. The number of amides is 1. The van der Waals surface area contributed by atoms with Crippen molar-refractivity contribution in [1.82, 2.24) is 5.32 Å². The Kier molecular flexibility index (Phi) is 4.52. The molecule has 0 unspecified atom stereocenters. The minimum atomic E-state index is -0.383. The molecule has 6 heteroatoms. The molecule has 1 aromatic heterocycles. The zero-order valence-electron chi connectivity index (χ0n) is 12.4. The average Bonchev–Trinajstić information content (AvgIpc) is 3.07. The molecule has 1 aliphatic rings. The summed E-state index contributed by atoms with van der Waals surface area (Å²) in [7, 11) is 0. The second kappa shape index (κ2) is 6.75. The van der Waals surface area contributed by atoms with Crippen LogP contribution in [0.3, 0.4) is 0 Å². The van der Waals surface area contributed by atoms with Gasteiger partial charge in [0.25, 0.3) is 5.91 Å². The van der Waals surface area contributed by atoms with E-state index in [4.69, 9.17) is 4.74 Å². The van der Waals surface area contributed by atoms with Gasteiger partial charge in [0.15, 0.2) is 12.4 Å².